The zero-order valence-corrected chi connectivity index (χ0v) is 10.9. The van der Waals surface area contributed by atoms with Crippen LogP contribution in [0.2, 0.25) is 0 Å². The number of nitrogens with one attached hydrogen (secondary N) is 1. The molecule has 0 aliphatic heterocycles. The van der Waals surface area contributed by atoms with Gasteiger partial charge in [0, 0.05) is 17.0 Å². The summed E-state index contributed by atoms with van der Waals surface area (Å²) >= 11 is 1.94. The highest BCUT2D eigenvalue weighted by Gasteiger charge is 2.28. The first-order chi connectivity index (χ1) is 7.84. The van der Waals surface area contributed by atoms with E-state index in [1.54, 1.807) is 10.4 Å². The predicted molar refractivity (Wildman–Crippen MR) is 69.9 cm³/mol. The summed E-state index contributed by atoms with van der Waals surface area (Å²) in [6.07, 6.45) is 8.34. The molecule has 1 aromatic rings. The maximum absolute atomic E-state index is 3.87. The number of fused-ring (bicyclic) bond motifs is 1. The van der Waals surface area contributed by atoms with Crippen LogP contribution in [0.3, 0.4) is 0 Å². The first-order valence-corrected chi connectivity index (χ1v) is 7.55. The lowest BCUT2D eigenvalue weighted by Crippen LogP contribution is -2.40. The third-order valence-corrected chi connectivity index (χ3v) is 5.37. The fourth-order valence-corrected chi connectivity index (χ4v) is 4.04. The highest BCUT2D eigenvalue weighted by Crippen LogP contribution is 2.36. The van der Waals surface area contributed by atoms with Gasteiger partial charge >= 0.3 is 0 Å². The van der Waals surface area contributed by atoms with Gasteiger partial charge in [0.25, 0.3) is 0 Å². The zero-order chi connectivity index (χ0) is 11.0. The monoisotopic (exact) mass is 235 g/mol. The molecule has 1 nitrogen and oxygen atoms in total. The maximum Gasteiger partial charge on any atom is 0.0333 e. The number of aryl methyl sites for hydroxylation is 1. The largest absolute Gasteiger partial charge is 0.307 e. The average molecular weight is 235 g/mol. The number of thiophene rings is 1. The molecule has 0 spiro atoms. The molecule has 0 radical (unpaired) electrons. The van der Waals surface area contributed by atoms with Crippen molar-refractivity contribution in [3.63, 3.8) is 0 Å². The minimum atomic E-state index is 0.644. The Morgan fingerprint density at radius 2 is 2.19 bits per heavy atom. The smallest absolute Gasteiger partial charge is 0.0333 e. The summed E-state index contributed by atoms with van der Waals surface area (Å²) in [5.41, 5.74) is 1.60. The second-order valence-corrected chi connectivity index (χ2v) is 6.39. The molecule has 0 amide bonds. The maximum atomic E-state index is 3.87. The van der Waals surface area contributed by atoms with E-state index in [-0.39, 0.29) is 0 Å². The van der Waals surface area contributed by atoms with E-state index < -0.39 is 0 Å². The Bertz CT molecular complexity index is 353. The van der Waals surface area contributed by atoms with E-state index in [1.807, 2.05) is 11.3 Å². The van der Waals surface area contributed by atoms with E-state index >= 15 is 0 Å². The standard InChI is InChI=1S/C14H21NS/c1-10(11-4-2-5-11)15-13-6-3-7-14-12(13)8-9-16-14/h8-11,13,15H,2-7H2,1H3. The lowest BCUT2D eigenvalue weighted by atomic mass is 9.79. The molecule has 2 unspecified atom stereocenters. The first kappa shape index (κ1) is 10.8. The highest BCUT2D eigenvalue weighted by atomic mass is 32.1. The van der Waals surface area contributed by atoms with Crippen molar-refractivity contribution < 1.29 is 0 Å². The highest BCUT2D eigenvalue weighted by molar-refractivity contribution is 7.10. The SMILES string of the molecule is CC(NC1CCCc2sccc21)C1CCC1. The molecule has 88 valence electrons. The van der Waals surface area contributed by atoms with Gasteiger partial charge in [-0.05, 0) is 62.0 Å². The molecule has 1 heterocycles. The third-order valence-electron chi connectivity index (χ3n) is 4.37. The van der Waals surface area contributed by atoms with Gasteiger partial charge in [0.15, 0.2) is 0 Å². The van der Waals surface area contributed by atoms with Crippen LogP contribution in [0.5, 0.6) is 0 Å². The summed E-state index contributed by atoms with van der Waals surface area (Å²) in [4.78, 5) is 1.63. The summed E-state index contributed by atoms with van der Waals surface area (Å²) in [5.74, 6) is 0.948. The second kappa shape index (κ2) is 4.50. The summed E-state index contributed by atoms with van der Waals surface area (Å²) in [5, 5.41) is 6.13. The van der Waals surface area contributed by atoms with E-state index in [0.717, 1.165) is 5.92 Å². The van der Waals surface area contributed by atoms with Gasteiger partial charge < -0.3 is 5.32 Å². The summed E-state index contributed by atoms with van der Waals surface area (Å²) in [7, 11) is 0. The number of hydrogen-bond donors (Lipinski definition) is 1. The van der Waals surface area contributed by atoms with E-state index in [1.165, 1.54) is 38.5 Å². The van der Waals surface area contributed by atoms with Gasteiger partial charge in [-0.15, -0.1) is 11.3 Å². The Balaban J connectivity index is 1.67. The molecule has 0 aromatic carbocycles. The van der Waals surface area contributed by atoms with E-state index in [2.05, 4.69) is 23.7 Å². The Labute approximate surface area is 102 Å². The summed E-state index contributed by atoms with van der Waals surface area (Å²) < 4.78 is 0. The molecule has 0 saturated heterocycles. The van der Waals surface area contributed by atoms with Crippen LogP contribution >= 0.6 is 11.3 Å². The normalized spacial score (nSPS) is 27.2. The van der Waals surface area contributed by atoms with Crippen molar-refractivity contribution >= 4 is 11.3 Å². The van der Waals surface area contributed by atoms with Crippen LogP contribution in [-0.4, -0.2) is 6.04 Å². The Hall–Kier alpha value is -0.340. The predicted octanol–water partition coefficient (Wildman–Crippen LogP) is 3.90. The van der Waals surface area contributed by atoms with Crippen molar-refractivity contribution in [2.45, 2.75) is 57.5 Å². The van der Waals surface area contributed by atoms with Crippen LogP contribution in [0.1, 0.15) is 55.5 Å². The average Bonchev–Trinajstić information content (AvgIpc) is 2.63. The van der Waals surface area contributed by atoms with Crippen molar-refractivity contribution in [3.05, 3.63) is 21.9 Å². The fourth-order valence-electron chi connectivity index (χ4n) is 3.05. The van der Waals surface area contributed by atoms with Gasteiger partial charge in [-0.2, -0.15) is 0 Å². The van der Waals surface area contributed by atoms with Gasteiger partial charge in [-0.3, -0.25) is 0 Å². The van der Waals surface area contributed by atoms with E-state index in [0.29, 0.717) is 12.1 Å². The molecule has 1 saturated carbocycles. The number of hydrogen-bond acceptors (Lipinski definition) is 2. The Kier molecular flexibility index (Phi) is 3.03. The lowest BCUT2D eigenvalue weighted by molar-refractivity contribution is 0.221. The summed E-state index contributed by atoms with van der Waals surface area (Å²) in [6, 6.07) is 3.69. The van der Waals surface area contributed by atoms with Crippen LogP contribution in [0.4, 0.5) is 0 Å². The van der Waals surface area contributed by atoms with E-state index in [9.17, 15) is 0 Å². The van der Waals surface area contributed by atoms with Crippen LogP contribution in [-0.2, 0) is 6.42 Å². The minimum absolute atomic E-state index is 0.644. The Morgan fingerprint density at radius 1 is 1.31 bits per heavy atom. The van der Waals surface area contributed by atoms with Gasteiger partial charge in [0.05, 0.1) is 0 Å². The van der Waals surface area contributed by atoms with Crippen LogP contribution in [0.15, 0.2) is 11.4 Å². The molecule has 2 aliphatic rings. The molecule has 2 atom stereocenters. The zero-order valence-electron chi connectivity index (χ0n) is 10.0. The second-order valence-electron chi connectivity index (χ2n) is 5.39. The van der Waals surface area contributed by atoms with Gasteiger partial charge in [-0.1, -0.05) is 6.42 Å². The quantitative estimate of drug-likeness (QED) is 0.837. The van der Waals surface area contributed by atoms with Crippen molar-refractivity contribution in [2.75, 3.05) is 0 Å². The fraction of sp³-hybridized carbons (Fsp3) is 0.714. The molecular formula is C14H21NS. The van der Waals surface area contributed by atoms with Crippen molar-refractivity contribution in [1.29, 1.82) is 0 Å². The molecule has 0 bridgehead atoms. The molecular weight excluding hydrogens is 214 g/mol. The molecule has 1 aromatic heterocycles. The van der Waals surface area contributed by atoms with Crippen molar-refractivity contribution in [2.24, 2.45) is 5.92 Å². The van der Waals surface area contributed by atoms with E-state index in [4.69, 9.17) is 0 Å². The molecule has 2 heteroatoms. The third kappa shape index (κ3) is 1.93. The molecule has 1 N–H and O–H groups in total. The molecule has 3 rings (SSSR count). The van der Waals surface area contributed by atoms with Crippen LogP contribution in [0.25, 0.3) is 0 Å². The van der Waals surface area contributed by atoms with Gasteiger partial charge in [-0.25, -0.2) is 0 Å². The molecule has 2 aliphatic carbocycles. The molecule has 1 fully saturated rings. The van der Waals surface area contributed by atoms with Crippen LogP contribution < -0.4 is 5.32 Å². The first-order valence-electron chi connectivity index (χ1n) is 6.67. The van der Waals surface area contributed by atoms with Gasteiger partial charge in [0.2, 0.25) is 0 Å². The van der Waals surface area contributed by atoms with Crippen LogP contribution in [0, 0.1) is 5.92 Å². The summed E-state index contributed by atoms with van der Waals surface area (Å²) in [6.45, 7) is 2.38. The molecule has 16 heavy (non-hydrogen) atoms. The Morgan fingerprint density at radius 3 is 2.94 bits per heavy atom. The topological polar surface area (TPSA) is 12.0 Å². The van der Waals surface area contributed by atoms with Crippen molar-refractivity contribution in [3.8, 4) is 0 Å². The van der Waals surface area contributed by atoms with Gasteiger partial charge in [0.1, 0.15) is 0 Å². The lowest BCUT2D eigenvalue weighted by Gasteiger charge is -2.36. The number of rotatable bonds is 3. The van der Waals surface area contributed by atoms with Crippen molar-refractivity contribution in [1.82, 2.24) is 5.32 Å². The minimum Gasteiger partial charge on any atom is -0.307 e.